The Balaban J connectivity index is 2.33. The molecule has 2 aromatic carbocycles. The molecular weight excluding hydrogens is 339 g/mol. The van der Waals surface area contributed by atoms with Crippen LogP contribution in [0, 0.1) is 29.1 Å². The normalized spacial score (nSPS) is 12.0. The number of ketones is 1. The first-order valence-electron chi connectivity index (χ1n) is 7.38. The Labute approximate surface area is 141 Å². The lowest BCUT2D eigenvalue weighted by molar-refractivity contribution is 0.104. The van der Waals surface area contributed by atoms with Crippen molar-refractivity contribution in [2.45, 2.75) is 26.2 Å². The second kappa shape index (κ2) is 6.78. The van der Waals surface area contributed by atoms with Gasteiger partial charge in [0.2, 0.25) is 5.82 Å². The van der Waals surface area contributed by atoms with Crippen molar-refractivity contribution in [1.29, 1.82) is 0 Å². The minimum absolute atomic E-state index is 0.118. The lowest BCUT2D eigenvalue weighted by Crippen LogP contribution is -2.11. The number of carbonyl (C=O) groups is 1. The predicted octanol–water partition coefficient (Wildman–Crippen LogP) is 5.58. The van der Waals surface area contributed by atoms with Crippen LogP contribution in [-0.4, -0.2) is 5.78 Å². The van der Waals surface area contributed by atoms with E-state index < -0.39 is 40.4 Å². The van der Waals surface area contributed by atoms with Crippen molar-refractivity contribution in [3.8, 4) is 0 Å². The molecule has 25 heavy (non-hydrogen) atoms. The molecule has 0 saturated heterocycles. The molecule has 0 amide bonds. The number of benzene rings is 2. The third kappa shape index (κ3) is 3.78. The zero-order chi connectivity index (χ0) is 18.9. The van der Waals surface area contributed by atoms with Crippen molar-refractivity contribution >= 4 is 11.9 Å². The van der Waals surface area contributed by atoms with Gasteiger partial charge in [0.05, 0.1) is 5.56 Å². The van der Waals surface area contributed by atoms with E-state index in [4.69, 9.17) is 0 Å². The largest absolute Gasteiger partial charge is 0.289 e. The smallest absolute Gasteiger partial charge is 0.200 e. The molecule has 0 fully saturated rings. The van der Waals surface area contributed by atoms with Gasteiger partial charge in [0, 0.05) is 5.56 Å². The minimum atomic E-state index is -2.24. The van der Waals surface area contributed by atoms with E-state index in [9.17, 15) is 26.7 Å². The zero-order valence-corrected chi connectivity index (χ0v) is 13.8. The molecule has 0 heterocycles. The average Bonchev–Trinajstić information content (AvgIpc) is 2.57. The summed E-state index contributed by atoms with van der Waals surface area (Å²) in [7, 11) is 0. The van der Waals surface area contributed by atoms with E-state index in [0.29, 0.717) is 6.08 Å². The lowest BCUT2D eigenvalue weighted by Gasteiger charge is -2.18. The second-order valence-corrected chi connectivity index (χ2v) is 6.51. The maximum atomic E-state index is 13.6. The first-order valence-corrected chi connectivity index (χ1v) is 7.38. The molecule has 1 nitrogen and oxygen atoms in total. The van der Waals surface area contributed by atoms with Crippen LogP contribution in [-0.2, 0) is 5.41 Å². The molecule has 0 atom stereocenters. The molecule has 2 rings (SSSR count). The van der Waals surface area contributed by atoms with Gasteiger partial charge in [0.25, 0.3) is 0 Å². The van der Waals surface area contributed by atoms with Gasteiger partial charge in [-0.15, -0.1) is 0 Å². The molecule has 0 radical (unpaired) electrons. The molecule has 0 bridgehead atoms. The van der Waals surface area contributed by atoms with Gasteiger partial charge in [-0.3, -0.25) is 4.79 Å². The summed E-state index contributed by atoms with van der Waals surface area (Å²) in [5, 5.41) is 0. The molecule has 0 unspecified atom stereocenters. The van der Waals surface area contributed by atoms with E-state index in [1.54, 1.807) is 12.1 Å². The summed E-state index contributed by atoms with van der Waals surface area (Å²) in [4.78, 5) is 12.0. The Kier molecular flexibility index (Phi) is 5.11. The van der Waals surface area contributed by atoms with Gasteiger partial charge < -0.3 is 0 Å². The van der Waals surface area contributed by atoms with Crippen LogP contribution in [0.1, 0.15) is 42.3 Å². The maximum absolute atomic E-state index is 13.6. The van der Waals surface area contributed by atoms with Crippen molar-refractivity contribution in [1.82, 2.24) is 0 Å². The quantitative estimate of drug-likeness (QED) is 0.231. The predicted molar refractivity (Wildman–Crippen MR) is 84.7 cm³/mol. The first-order chi connectivity index (χ1) is 11.5. The summed E-state index contributed by atoms with van der Waals surface area (Å²) >= 11 is 0. The number of hydrogen-bond donors (Lipinski definition) is 0. The van der Waals surface area contributed by atoms with Crippen molar-refractivity contribution in [3.05, 3.63) is 76.1 Å². The summed E-state index contributed by atoms with van der Waals surface area (Å²) in [6.45, 7) is 5.98. The van der Waals surface area contributed by atoms with Gasteiger partial charge in [0.15, 0.2) is 29.1 Å². The Morgan fingerprint density at radius 1 is 0.800 bits per heavy atom. The molecule has 132 valence electrons. The van der Waals surface area contributed by atoms with E-state index in [-0.39, 0.29) is 11.0 Å². The second-order valence-electron chi connectivity index (χ2n) is 6.51. The molecule has 0 aliphatic carbocycles. The summed E-state index contributed by atoms with van der Waals surface area (Å²) in [5.41, 5.74) is -0.0655. The highest BCUT2D eigenvalue weighted by atomic mass is 19.2. The number of carbonyl (C=O) groups excluding carboxylic acids is 1. The minimum Gasteiger partial charge on any atom is -0.289 e. The summed E-state index contributed by atoms with van der Waals surface area (Å²) in [5.74, 6) is -10.9. The van der Waals surface area contributed by atoms with E-state index in [0.717, 1.165) is 11.6 Å². The van der Waals surface area contributed by atoms with E-state index >= 15 is 0 Å². The van der Waals surface area contributed by atoms with Crippen LogP contribution < -0.4 is 0 Å². The highest BCUT2D eigenvalue weighted by Gasteiger charge is 2.24. The number of hydrogen-bond acceptors (Lipinski definition) is 1. The first kappa shape index (κ1) is 18.8. The van der Waals surface area contributed by atoms with Crippen LogP contribution in [0.2, 0.25) is 0 Å². The van der Waals surface area contributed by atoms with Crippen LogP contribution >= 0.6 is 0 Å². The third-order valence-corrected chi connectivity index (χ3v) is 3.68. The zero-order valence-electron chi connectivity index (χ0n) is 13.8. The molecule has 0 aliphatic heterocycles. The number of rotatable bonds is 3. The average molecular weight is 354 g/mol. The van der Waals surface area contributed by atoms with Crippen molar-refractivity contribution in [2.24, 2.45) is 0 Å². The van der Waals surface area contributed by atoms with Crippen molar-refractivity contribution < 1.29 is 26.7 Å². The van der Waals surface area contributed by atoms with Gasteiger partial charge in [-0.1, -0.05) is 45.0 Å². The molecular formula is C19H15F5O. The molecule has 0 aliphatic rings. The Morgan fingerprint density at radius 2 is 1.24 bits per heavy atom. The molecule has 0 saturated carbocycles. The van der Waals surface area contributed by atoms with Gasteiger partial charge in [-0.25, -0.2) is 22.0 Å². The molecule has 0 N–H and O–H groups in total. The van der Waals surface area contributed by atoms with Crippen LogP contribution in [0.4, 0.5) is 22.0 Å². The standard InChI is InChI=1S/C19H15F5O/c1-19(2,3)11-6-4-10(5-7-11)13(25)9-8-12-14(20)16(22)18(24)17(23)15(12)21/h4-9H,1-3H3. The van der Waals surface area contributed by atoms with Crippen molar-refractivity contribution in [2.75, 3.05) is 0 Å². The topological polar surface area (TPSA) is 17.1 Å². The van der Waals surface area contributed by atoms with E-state index in [2.05, 4.69) is 0 Å². The van der Waals surface area contributed by atoms with Crippen LogP contribution in [0.25, 0.3) is 6.08 Å². The highest BCUT2D eigenvalue weighted by Crippen LogP contribution is 2.25. The molecule has 6 heteroatoms. The molecule has 0 aromatic heterocycles. The fourth-order valence-electron chi connectivity index (χ4n) is 2.16. The monoisotopic (exact) mass is 354 g/mol. The summed E-state index contributed by atoms with van der Waals surface area (Å²) in [6.07, 6.45) is 1.35. The summed E-state index contributed by atoms with van der Waals surface area (Å²) < 4.78 is 66.3. The fourth-order valence-corrected chi connectivity index (χ4v) is 2.16. The van der Waals surface area contributed by atoms with E-state index in [1.807, 2.05) is 20.8 Å². The SMILES string of the molecule is CC(C)(C)c1ccc(C(=O)C=Cc2c(F)c(F)c(F)c(F)c2F)cc1. The molecule has 2 aromatic rings. The Bertz CT molecular complexity index is 817. The van der Waals surface area contributed by atoms with Gasteiger partial charge in [-0.2, -0.15) is 0 Å². The van der Waals surface area contributed by atoms with Gasteiger partial charge >= 0.3 is 0 Å². The van der Waals surface area contributed by atoms with Gasteiger partial charge in [0.1, 0.15) is 0 Å². The van der Waals surface area contributed by atoms with Crippen LogP contribution in [0.5, 0.6) is 0 Å². The fraction of sp³-hybridized carbons (Fsp3) is 0.211. The highest BCUT2D eigenvalue weighted by molar-refractivity contribution is 6.06. The lowest BCUT2D eigenvalue weighted by atomic mass is 9.86. The van der Waals surface area contributed by atoms with Crippen molar-refractivity contribution in [3.63, 3.8) is 0 Å². The van der Waals surface area contributed by atoms with Crippen LogP contribution in [0.3, 0.4) is 0 Å². The van der Waals surface area contributed by atoms with E-state index in [1.165, 1.54) is 12.1 Å². The Morgan fingerprint density at radius 3 is 1.68 bits per heavy atom. The molecule has 0 spiro atoms. The number of allylic oxidation sites excluding steroid dienone is 1. The van der Waals surface area contributed by atoms with Gasteiger partial charge in [-0.05, 0) is 23.1 Å². The summed E-state index contributed by atoms with van der Waals surface area (Å²) in [6, 6.07) is 6.54. The third-order valence-electron chi connectivity index (χ3n) is 3.68. The van der Waals surface area contributed by atoms with Crippen LogP contribution in [0.15, 0.2) is 30.3 Å². The number of halogens is 5. The maximum Gasteiger partial charge on any atom is 0.200 e. The Hall–Kier alpha value is -2.50.